The van der Waals surface area contributed by atoms with Gasteiger partial charge in [0, 0.05) is 79.7 Å². The fourth-order valence-corrected chi connectivity index (χ4v) is 5.80. The van der Waals surface area contributed by atoms with E-state index < -0.39 is 0 Å². The minimum atomic E-state index is -0.190. The van der Waals surface area contributed by atoms with E-state index in [1.54, 1.807) is 0 Å². The second-order valence-electron chi connectivity index (χ2n) is 10.9. The molecule has 5 rings (SSSR count). The second kappa shape index (κ2) is 11.3. The molecule has 1 fully saturated rings. The molecule has 8 nitrogen and oxygen atoms in total. The number of nitrogens with one attached hydrogen (secondary N) is 2. The van der Waals surface area contributed by atoms with E-state index in [4.69, 9.17) is 4.74 Å². The molecule has 4 heterocycles. The summed E-state index contributed by atoms with van der Waals surface area (Å²) >= 11 is 0. The van der Waals surface area contributed by atoms with Crippen LogP contribution in [0, 0.1) is 20.8 Å². The van der Waals surface area contributed by atoms with Crippen molar-refractivity contribution < 1.29 is 9.53 Å². The molecule has 1 aliphatic rings. The Balaban J connectivity index is 1.58. The first-order valence-corrected chi connectivity index (χ1v) is 13.9. The minimum Gasteiger partial charge on any atom is -0.379 e. The monoisotopic (exact) mass is 541 g/mol. The number of amides is 1. The molecule has 0 radical (unpaired) electrons. The Morgan fingerprint density at radius 1 is 1.07 bits per heavy atom. The van der Waals surface area contributed by atoms with Gasteiger partial charge in [0.25, 0.3) is 11.5 Å². The van der Waals surface area contributed by atoms with E-state index in [0.717, 1.165) is 57.9 Å². The first kappa shape index (κ1) is 27.7. The number of anilines is 1. The molecule has 0 saturated carbocycles. The fourth-order valence-electron chi connectivity index (χ4n) is 5.80. The number of rotatable bonds is 7. The van der Waals surface area contributed by atoms with Crippen LogP contribution in [0.5, 0.6) is 0 Å². The van der Waals surface area contributed by atoms with Crippen molar-refractivity contribution in [3.63, 3.8) is 0 Å². The van der Waals surface area contributed by atoms with E-state index >= 15 is 0 Å². The highest BCUT2D eigenvalue weighted by atomic mass is 16.5. The van der Waals surface area contributed by atoms with Crippen LogP contribution >= 0.6 is 0 Å². The van der Waals surface area contributed by atoms with Crippen LogP contribution < -0.4 is 15.8 Å². The molecule has 210 valence electrons. The SMILES string of the molecule is Cc1cc(C)c(CNC(=O)c2cc3c(-c4ccc(N(C)C)cc4)ccn3c(C(C)N3CCOCC3)c2C)c(=O)[nH]1. The number of fused-ring (bicyclic) bond motifs is 1. The van der Waals surface area contributed by atoms with Crippen LogP contribution in [0.1, 0.15) is 51.4 Å². The van der Waals surface area contributed by atoms with Crippen molar-refractivity contribution in [3.05, 3.63) is 92.7 Å². The number of morpholine rings is 1. The third kappa shape index (κ3) is 5.29. The van der Waals surface area contributed by atoms with E-state index in [1.807, 2.05) is 47.0 Å². The Morgan fingerprint density at radius 2 is 1.77 bits per heavy atom. The minimum absolute atomic E-state index is 0.0812. The maximum Gasteiger partial charge on any atom is 0.253 e. The topological polar surface area (TPSA) is 82.1 Å². The zero-order valence-corrected chi connectivity index (χ0v) is 24.3. The second-order valence-corrected chi connectivity index (χ2v) is 10.9. The van der Waals surface area contributed by atoms with E-state index in [-0.39, 0.29) is 24.1 Å². The van der Waals surface area contributed by atoms with Gasteiger partial charge in [-0.3, -0.25) is 14.5 Å². The van der Waals surface area contributed by atoms with Crippen LogP contribution in [0.2, 0.25) is 0 Å². The average Bonchev–Trinajstić information content (AvgIpc) is 3.35. The predicted molar refractivity (Wildman–Crippen MR) is 160 cm³/mol. The van der Waals surface area contributed by atoms with E-state index in [0.29, 0.717) is 24.3 Å². The highest BCUT2D eigenvalue weighted by Crippen LogP contribution is 2.34. The number of hydrogen-bond donors (Lipinski definition) is 2. The highest BCUT2D eigenvalue weighted by molar-refractivity contribution is 5.98. The summed E-state index contributed by atoms with van der Waals surface area (Å²) in [6.07, 6.45) is 2.11. The smallest absolute Gasteiger partial charge is 0.253 e. The Hall–Kier alpha value is -3.88. The summed E-state index contributed by atoms with van der Waals surface area (Å²) < 4.78 is 7.84. The van der Waals surface area contributed by atoms with Crippen molar-refractivity contribution >= 4 is 17.1 Å². The van der Waals surface area contributed by atoms with Crippen LogP contribution in [-0.2, 0) is 11.3 Å². The molecule has 1 aliphatic heterocycles. The molecule has 8 heteroatoms. The standard InChI is InChI=1S/C32H39N5O3/c1-20-17-21(2)34-32(39)28(20)19-33-31(38)27-18-29-26(24-7-9-25(10-8-24)35(5)6)11-12-37(29)30(22(27)3)23(4)36-13-15-40-16-14-36/h7-12,17-18,23H,13-16,19H2,1-6H3,(H,33,38)(H,34,39). The van der Waals surface area contributed by atoms with Gasteiger partial charge in [0.1, 0.15) is 0 Å². The lowest BCUT2D eigenvalue weighted by Gasteiger charge is -2.34. The number of aromatic amines is 1. The summed E-state index contributed by atoms with van der Waals surface area (Å²) in [5.74, 6) is -0.190. The number of benzene rings is 1. The van der Waals surface area contributed by atoms with Gasteiger partial charge in [-0.1, -0.05) is 12.1 Å². The number of hydrogen-bond acceptors (Lipinski definition) is 5. The summed E-state index contributed by atoms with van der Waals surface area (Å²) in [5, 5.41) is 3.03. The number of carbonyl (C=O) groups excluding carboxylic acids is 1. The Bertz CT molecular complexity index is 1590. The maximum atomic E-state index is 13.7. The third-order valence-corrected chi connectivity index (χ3v) is 8.10. The van der Waals surface area contributed by atoms with Gasteiger partial charge in [0.15, 0.2) is 0 Å². The summed E-state index contributed by atoms with van der Waals surface area (Å²) in [4.78, 5) is 33.6. The zero-order valence-electron chi connectivity index (χ0n) is 24.3. The maximum absolute atomic E-state index is 13.7. The normalized spacial score (nSPS) is 14.8. The molecule has 1 unspecified atom stereocenters. The lowest BCUT2D eigenvalue weighted by Crippen LogP contribution is -2.39. The van der Waals surface area contributed by atoms with Gasteiger partial charge in [-0.2, -0.15) is 0 Å². The van der Waals surface area contributed by atoms with Crippen molar-refractivity contribution in [2.45, 2.75) is 40.3 Å². The number of ether oxygens (including phenoxy) is 1. The van der Waals surface area contributed by atoms with Crippen molar-refractivity contribution in [1.82, 2.24) is 19.6 Å². The van der Waals surface area contributed by atoms with Crippen molar-refractivity contribution in [3.8, 4) is 11.1 Å². The number of H-pyrrole nitrogens is 1. The summed E-state index contributed by atoms with van der Waals surface area (Å²) in [7, 11) is 4.06. The van der Waals surface area contributed by atoms with E-state index in [2.05, 4.69) is 68.0 Å². The summed E-state index contributed by atoms with van der Waals surface area (Å²) in [5.41, 5.74) is 8.99. The summed E-state index contributed by atoms with van der Waals surface area (Å²) in [6, 6.07) is 14.6. The quantitative estimate of drug-likeness (QED) is 0.357. The lowest BCUT2D eigenvalue weighted by molar-refractivity contribution is 0.0187. The fraction of sp³-hybridized carbons (Fsp3) is 0.375. The van der Waals surface area contributed by atoms with Crippen LogP contribution in [0.3, 0.4) is 0 Å². The predicted octanol–water partition coefficient (Wildman–Crippen LogP) is 4.61. The average molecular weight is 542 g/mol. The molecular formula is C32H39N5O3. The zero-order chi connectivity index (χ0) is 28.6. The molecule has 0 aliphatic carbocycles. The molecule has 4 aromatic rings. The molecule has 40 heavy (non-hydrogen) atoms. The Labute approximate surface area is 235 Å². The number of nitrogens with zero attached hydrogens (tertiary/aromatic N) is 3. The van der Waals surface area contributed by atoms with Gasteiger partial charge in [0.2, 0.25) is 0 Å². The van der Waals surface area contributed by atoms with E-state index in [9.17, 15) is 9.59 Å². The molecule has 2 N–H and O–H groups in total. The lowest BCUT2D eigenvalue weighted by atomic mass is 9.98. The van der Waals surface area contributed by atoms with Gasteiger partial charge < -0.3 is 24.3 Å². The Morgan fingerprint density at radius 3 is 2.42 bits per heavy atom. The molecule has 1 saturated heterocycles. The van der Waals surface area contributed by atoms with Gasteiger partial charge in [-0.25, -0.2) is 0 Å². The van der Waals surface area contributed by atoms with Crippen LogP contribution in [0.15, 0.2) is 53.5 Å². The van der Waals surface area contributed by atoms with Gasteiger partial charge in [-0.05, 0) is 74.7 Å². The molecule has 0 spiro atoms. The van der Waals surface area contributed by atoms with Gasteiger partial charge in [-0.15, -0.1) is 0 Å². The van der Waals surface area contributed by atoms with Crippen LogP contribution in [0.25, 0.3) is 16.6 Å². The molecular weight excluding hydrogens is 502 g/mol. The molecule has 0 bridgehead atoms. The number of aromatic nitrogens is 2. The van der Waals surface area contributed by atoms with Crippen LogP contribution in [0.4, 0.5) is 5.69 Å². The summed E-state index contributed by atoms with van der Waals surface area (Å²) in [6.45, 7) is 11.2. The highest BCUT2D eigenvalue weighted by Gasteiger charge is 2.26. The molecule has 1 atom stereocenters. The van der Waals surface area contributed by atoms with Crippen molar-refractivity contribution in [2.24, 2.45) is 0 Å². The number of aryl methyl sites for hydroxylation is 2. The molecule has 1 aromatic carbocycles. The molecule has 3 aromatic heterocycles. The largest absolute Gasteiger partial charge is 0.379 e. The van der Waals surface area contributed by atoms with Crippen LogP contribution in [-0.4, -0.2) is 60.6 Å². The first-order chi connectivity index (χ1) is 19.2. The van der Waals surface area contributed by atoms with Gasteiger partial charge in [0.05, 0.1) is 18.7 Å². The third-order valence-electron chi connectivity index (χ3n) is 8.10. The Kier molecular flexibility index (Phi) is 7.83. The van der Waals surface area contributed by atoms with E-state index in [1.165, 1.54) is 0 Å². The molecule has 1 amide bonds. The van der Waals surface area contributed by atoms with Gasteiger partial charge >= 0.3 is 0 Å². The van der Waals surface area contributed by atoms with Crippen molar-refractivity contribution in [1.29, 1.82) is 0 Å². The van der Waals surface area contributed by atoms with Crippen molar-refractivity contribution in [2.75, 3.05) is 45.3 Å². The number of carbonyl (C=O) groups is 1. The first-order valence-electron chi connectivity index (χ1n) is 13.9. The number of pyridine rings is 2.